The lowest BCUT2D eigenvalue weighted by atomic mass is 10.1. The van der Waals surface area contributed by atoms with Crippen LogP contribution in [-0.4, -0.2) is 19.7 Å². The Bertz CT molecular complexity index is 986. The van der Waals surface area contributed by atoms with E-state index in [1.807, 2.05) is 31.4 Å². The van der Waals surface area contributed by atoms with Crippen molar-refractivity contribution in [1.82, 2.24) is 19.7 Å². The van der Waals surface area contributed by atoms with Crippen molar-refractivity contribution in [3.05, 3.63) is 59.2 Å². The van der Waals surface area contributed by atoms with Gasteiger partial charge in [-0.1, -0.05) is 0 Å². The van der Waals surface area contributed by atoms with Crippen molar-refractivity contribution in [2.75, 3.05) is 0 Å². The summed E-state index contributed by atoms with van der Waals surface area (Å²) in [7, 11) is 0. The highest BCUT2D eigenvalue weighted by Gasteiger charge is 2.35. The van der Waals surface area contributed by atoms with Gasteiger partial charge in [-0.2, -0.15) is 0 Å². The first-order valence-corrected chi connectivity index (χ1v) is 8.44. The standard InChI is InChI=1S/C19H18F2N4O/c1-10-6-11(2)22-9-17(10)26-16-7-12(3)25-18(23-24-19(16)25)14-5-4-13(20)8-15(14)21/h4-6,8-9,12,16H,7H2,1-3H3. The van der Waals surface area contributed by atoms with Crippen LogP contribution in [0.2, 0.25) is 0 Å². The molecule has 134 valence electrons. The minimum absolute atomic E-state index is 0.0307. The molecule has 26 heavy (non-hydrogen) atoms. The summed E-state index contributed by atoms with van der Waals surface area (Å²) >= 11 is 0. The molecule has 0 N–H and O–H groups in total. The topological polar surface area (TPSA) is 52.8 Å². The van der Waals surface area contributed by atoms with Gasteiger partial charge in [0.05, 0.1) is 11.8 Å². The number of rotatable bonds is 3. The molecule has 2 aromatic heterocycles. The third-order valence-electron chi connectivity index (χ3n) is 4.65. The van der Waals surface area contributed by atoms with Gasteiger partial charge < -0.3 is 9.30 Å². The lowest BCUT2D eigenvalue weighted by molar-refractivity contribution is 0.195. The zero-order chi connectivity index (χ0) is 18.4. The van der Waals surface area contributed by atoms with E-state index in [9.17, 15) is 8.78 Å². The van der Waals surface area contributed by atoms with E-state index in [0.717, 1.165) is 17.3 Å². The van der Waals surface area contributed by atoms with Crippen LogP contribution in [-0.2, 0) is 0 Å². The largest absolute Gasteiger partial charge is 0.480 e. The fourth-order valence-electron chi connectivity index (χ4n) is 3.39. The van der Waals surface area contributed by atoms with Crippen LogP contribution in [0.5, 0.6) is 5.75 Å². The number of hydrogen-bond acceptors (Lipinski definition) is 4. The summed E-state index contributed by atoms with van der Waals surface area (Å²) < 4.78 is 35.4. The molecule has 0 radical (unpaired) electrons. The highest BCUT2D eigenvalue weighted by atomic mass is 19.1. The van der Waals surface area contributed by atoms with Crippen LogP contribution in [0.15, 0.2) is 30.5 Å². The second kappa shape index (κ2) is 6.16. The number of aryl methyl sites for hydroxylation is 2. The predicted molar refractivity (Wildman–Crippen MR) is 91.8 cm³/mol. The van der Waals surface area contributed by atoms with Crippen LogP contribution in [0.25, 0.3) is 11.4 Å². The summed E-state index contributed by atoms with van der Waals surface area (Å²) in [4.78, 5) is 4.28. The maximum Gasteiger partial charge on any atom is 0.174 e. The highest BCUT2D eigenvalue weighted by Crippen LogP contribution is 2.40. The van der Waals surface area contributed by atoms with E-state index in [1.54, 1.807) is 6.20 Å². The SMILES string of the molecule is Cc1cc(C)c(OC2CC(C)n3c(-c4ccc(F)cc4F)nnc32)cn1. The van der Waals surface area contributed by atoms with Gasteiger partial charge in [-0.05, 0) is 44.5 Å². The molecule has 4 rings (SSSR count). The first-order valence-electron chi connectivity index (χ1n) is 8.44. The van der Waals surface area contributed by atoms with E-state index >= 15 is 0 Å². The van der Waals surface area contributed by atoms with E-state index < -0.39 is 11.6 Å². The number of aromatic nitrogens is 4. The Labute approximate surface area is 149 Å². The average molecular weight is 356 g/mol. The molecule has 2 atom stereocenters. The summed E-state index contributed by atoms with van der Waals surface area (Å²) in [6.07, 6.45) is 2.10. The Morgan fingerprint density at radius 1 is 1.15 bits per heavy atom. The molecule has 7 heteroatoms. The number of nitrogens with zero attached hydrogens (tertiary/aromatic N) is 4. The van der Waals surface area contributed by atoms with E-state index in [0.29, 0.717) is 23.8 Å². The third-order valence-corrected chi connectivity index (χ3v) is 4.65. The molecule has 0 spiro atoms. The molecule has 0 bridgehead atoms. The van der Waals surface area contributed by atoms with Crippen LogP contribution in [0, 0.1) is 25.5 Å². The first-order chi connectivity index (χ1) is 12.4. The number of pyridine rings is 1. The summed E-state index contributed by atoms with van der Waals surface area (Å²) in [5.41, 5.74) is 2.14. The molecular formula is C19H18F2N4O. The number of hydrogen-bond donors (Lipinski definition) is 0. The molecule has 1 aromatic carbocycles. The Kier molecular flexibility index (Phi) is 3.94. The highest BCUT2D eigenvalue weighted by molar-refractivity contribution is 5.57. The van der Waals surface area contributed by atoms with Crippen LogP contribution < -0.4 is 4.74 Å². The van der Waals surface area contributed by atoms with Crippen molar-refractivity contribution in [3.63, 3.8) is 0 Å². The fourth-order valence-corrected chi connectivity index (χ4v) is 3.39. The van der Waals surface area contributed by atoms with Gasteiger partial charge in [0.2, 0.25) is 0 Å². The zero-order valence-electron chi connectivity index (χ0n) is 14.7. The monoisotopic (exact) mass is 356 g/mol. The second-order valence-corrected chi connectivity index (χ2v) is 6.66. The molecule has 0 saturated heterocycles. The van der Waals surface area contributed by atoms with Gasteiger partial charge in [-0.3, -0.25) is 4.98 Å². The summed E-state index contributed by atoms with van der Waals surface area (Å²) in [5.74, 6) is 0.434. The van der Waals surface area contributed by atoms with Gasteiger partial charge in [-0.15, -0.1) is 10.2 Å². The summed E-state index contributed by atoms with van der Waals surface area (Å²) in [6, 6.07) is 5.44. The fraction of sp³-hybridized carbons (Fsp3) is 0.316. The smallest absolute Gasteiger partial charge is 0.174 e. The molecule has 0 aliphatic carbocycles. The molecule has 1 aliphatic heterocycles. The number of fused-ring (bicyclic) bond motifs is 1. The van der Waals surface area contributed by atoms with Crippen molar-refractivity contribution in [3.8, 4) is 17.1 Å². The lowest BCUT2D eigenvalue weighted by Crippen LogP contribution is -2.06. The van der Waals surface area contributed by atoms with Crippen molar-refractivity contribution in [2.24, 2.45) is 0 Å². The van der Waals surface area contributed by atoms with Crippen LogP contribution >= 0.6 is 0 Å². The van der Waals surface area contributed by atoms with E-state index in [4.69, 9.17) is 4.74 Å². The summed E-state index contributed by atoms with van der Waals surface area (Å²) in [5, 5.41) is 8.35. The van der Waals surface area contributed by atoms with Gasteiger partial charge in [-0.25, -0.2) is 8.78 Å². The molecule has 0 saturated carbocycles. The van der Waals surface area contributed by atoms with Crippen LogP contribution in [0.3, 0.4) is 0 Å². The molecule has 2 unspecified atom stereocenters. The molecule has 0 fully saturated rings. The molecule has 1 aliphatic rings. The number of halogens is 2. The van der Waals surface area contributed by atoms with E-state index in [2.05, 4.69) is 15.2 Å². The lowest BCUT2D eigenvalue weighted by Gasteiger charge is -2.14. The molecule has 3 heterocycles. The molecule has 5 nitrogen and oxygen atoms in total. The van der Waals surface area contributed by atoms with Gasteiger partial charge in [0.25, 0.3) is 0 Å². The van der Waals surface area contributed by atoms with Gasteiger partial charge in [0.15, 0.2) is 17.8 Å². The normalized spacial score (nSPS) is 18.8. The van der Waals surface area contributed by atoms with Crippen molar-refractivity contribution in [2.45, 2.75) is 39.3 Å². The number of benzene rings is 1. The predicted octanol–water partition coefficient (Wildman–Crippen LogP) is 4.32. The van der Waals surface area contributed by atoms with Gasteiger partial charge in [0, 0.05) is 24.2 Å². The molecule has 3 aromatic rings. The zero-order valence-corrected chi connectivity index (χ0v) is 14.7. The van der Waals surface area contributed by atoms with Crippen molar-refractivity contribution >= 4 is 0 Å². The van der Waals surface area contributed by atoms with E-state index in [1.165, 1.54) is 12.1 Å². The minimum atomic E-state index is -0.657. The van der Waals surface area contributed by atoms with E-state index in [-0.39, 0.29) is 17.7 Å². The Balaban J connectivity index is 1.70. The molecule has 0 amide bonds. The van der Waals surface area contributed by atoms with Gasteiger partial charge >= 0.3 is 0 Å². The van der Waals surface area contributed by atoms with Gasteiger partial charge in [0.1, 0.15) is 17.4 Å². The van der Waals surface area contributed by atoms with Crippen molar-refractivity contribution < 1.29 is 13.5 Å². The second-order valence-electron chi connectivity index (χ2n) is 6.66. The van der Waals surface area contributed by atoms with Crippen molar-refractivity contribution in [1.29, 1.82) is 0 Å². The Hall–Kier alpha value is -2.83. The molecular weight excluding hydrogens is 338 g/mol. The maximum absolute atomic E-state index is 14.2. The Morgan fingerprint density at radius 3 is 2.69 bits per heavy atom. The third kappa shape index (κ3) is 2.73. The minimum Gasteiger partial charge on any atom is -0.480 e. The summed E-state index contributed by atoms with van der Waals surface area (Å²) in [6.45, 7) is 5.89. The van der Waals surface area contributed by atoms with Crippen LogP contribution in [0.1, 0.15) is 42.6 Å². The number of ether oxygens (including phenoxy) is 1. The van der Waals surface area contributed by atoms with Crippen LogP contribution in [0.4, 0.5) is 8.78 Å². The Morgan fingerprint density at radius 2 is 1.96 bits per heavy atom. The maximum atomic E-state index is 14.2. The first kappa shape index (κ1) is 16.6. The average Bonchev–Trinajstić information content (AvgIpc) is 3.13. The quantitative estimate of drug-likeness (QED) is 0.701.